The summed E-state index contributed by atoms with van der Waals surface area (Å²) < 4.78 is 21.1. The quantitative estimate of drug-likeness (QED) is 0.187. The Balaban J connectivity index is 1.20. The molecule has 0 atom stereocenters. The number of carbonyl (C=O) groups excluding carboxylic acids is 2. The van der Waals surface area contributed by atoms with Crippen molar-refractivity contribution in [1.29, 1.82) is 5.41 Å². The monoisotopic (exact) mass is 601 g/mol. The Morgan fingerprint density at radius 3 is 2.69 bits per heavy atom. The fourth-order valence-corrected chi connectivity index (χ4v) is 5.93. The molecule has 2 aliphatic heterocycles. The van der Waals surface area contributed by atoms with Gasteiger partial charge in [-0.2, -0.15) is 0 Å². The van der Waals surface area contributed by atoms with E-state index in [1.807, 2.05) is 18.2 Å². The van der Waals surface area contributed by atoms with Crippen LogP contribution in [-0.4, -0.2) is 62.5 Å². The molecule has 2 heterocycles. The van der Waals surface area contributed by atoms with Gasteiger partial charge in [0.1, 0.15) is 11.6 Å². The number of amides is 2. The number of nitrogens with zero attached hydrogens (tertiary/aromatic N) is 1. The first-order valence-corrected chi connectivity index (χ1v) is 14.3. The highest BCUT2D eigenvalue weighted by Crippen LogP contribution is 2.38. The number of guanidine groups is 1. The molecule has 0 saturated carbocycles. The van der Waals surface area contributed by atoms with Crippen LogP contribution in [0.2, 0.25) is 0 Å². The van der Waals surface area contributed by atoms with Gasteiger partial charge in [0.25, 0.3) is 5.91 Å². The second-order valence-corrected chi connectivity index (χ2v) is 11.2. The molecule has 8 nitrogen and oxygen atoms in total. The summed E-state index contributed by atoms with van der Waals surface area (Å²) in [5.74, 6) is -0.135. The lowest BCUT2D eigenvalue weighted by atomic mass is 9.77. The van der Waals surface area contributed by atoms with Crippen molar-refractivity contribution in [3.63, 3.8) is 0 Å². The maximum Gasteiger partial charge on any atom is 0.258 e. The highest BCUT2D eigenvalue weighted by molar-refractivity contribution is 9.10. The van der Waals surface area contributed by atoms with E-state index in [-0.39, 0.29) is 22.8 Å². The van der Waals surface area contributed by atoms with E-state index in [0.717, 1.165) is 68.3 Å². The number of aryl methyl sites for hydroxylation is 1. The van der Waals surface area contributed by atoms with Gasteiger partial charge in [-0.3, -0.25) is 20.3 Å². The van der Waals surface area contributed by atoms with Crippen LogP contribution in [0.3, 0.4) is 0 Å². The molecule has 0 bridgehead atoms. The van der Waals surface area contributed by atoms with Gasteiger partial charge in [-0.15, -0.1) is 0 Å². The van der Waals surface area contributed by atoms with Gasteiger partial charge in [-0.1, -0.05) is 22.0 Å². The number of piperidine rings is 1. The average molecular weight is 603 g/mol. The number of benzene rings is 2. The Kier molecular flexibility index (Phi) is 9.96. The minimum absolute atomic E-state index is 0.101. The third kappa shape index (κ3) is 7.36. The topological polar surface area (TPSA) is 107 Å². The largest absolute Gasteiger partial charge is 0.496 e. The predicted molar refractivity (Wildman–Crippen MR) is 153 cm³/mol. The van der Waals surface area contributed by atoms with Gasteiger partial charge in [0.05, 0.1) is 12.5 Å². The van der Waals surface area contributed by atoms with Crippen molar-refractivity contribution >= 4 is 33.7 Å². The van der Waals surface area contributed by atoms with Crippen LogP contribution < -0.4 is 20.7 Å². The maximum atomic E-state index is 14.7. The van der Waals surface area contributed by atoms with Crippen LogP contribution >= 0.6 is 15.9 Å². The second-order valence-electron chi connectivity index (χ2n) is 10.3. The molecule has 0 radical (unpaired) electrons. The number of unbranched alkanes of at least 4 members (excludes halogenated alkanes) is 1. The number of hydrogen-bond donors (Lipinski definition) is 4. The number of ether oxygens (including phenoxy) is 1. The second kappa shape index (κ2) is 13.4. The van der Waals surface area contributed by atoms with Gasteiger partial charge >= 0.3 is 0 Å². The lowest BCUT2D eigenvalue weighted by Crippen LogP contribution is -2.44. The molecule has 210 valence electrons. The van der Waals surface area contributed by atoms with Crippen LogP contribution in [-0.2, 0) is 17.6 Å². The van der Waals surface area contributed by atoms with Gasteiger partial charge in [0.2, 0.25) is 5.91 Å². The molecule has 0 aromatic heterocycles. The first-order valence-electron chi connectivity index (χ1n) is 13.6. The van der Waals surface area contributed by atoms with Crippen LogP contribution in [0.15, 0.2) is 40.9 Å². The molecule has 2 aromatic carbocycles. The van der Waals surface area contributed by atoms with E-state index in [0.29, 0.717) is 30.7 Å². The van der Waals surface area contributed by atoms with Crippen LogP contribution in [0.25, 0.3) is 0 Å². The molecule has 2 saturated heterocycles. The Bertz CT molecular complexity index is 1200. The fraction of sp³-hybridized carbons (Fsp3) is 0.483. The molecule has 1 spiro atoms. The molecule has 2 fully saturated rings. The minimum Gasteiger partial charge on any atom is -0.496 e. The number of likely N-dealkylation sites (tertiary alicyclic amines) is 1. The summed E-state index contributed by atoms with van der Waals surface area (Å²) in [6.07, 6.45) is 5.41. The summed E-state index contributed by atoms with van der Waals surface area (Å²) in [6.45, 7) is 4.19. The Morgan fingerprint density at radius 1 is 1.18 bits per heavy atom. The standard InChI is InChI=1S/C29H37BrFN5O3/c1-39-25-10-8-21(30)19-20(25)7-9-22-23(5-4-6-24(22)31)26(37)35-28(32)34-14-2-3-16-36-17-12-29(13-18-36)11-15-33-27(29)38/h4-6,8,10,19H,2-3,7,9,11-18H2,1H3,(H,33,38)(H3,32,34,35,37). The van der Waals surface area contributed by atoms with E-state index in [9.17, 15) is 14.0 Å². The Labute approximate surface area is 237 Å². The van der Waals surface area contributed by atoms with Crippen LogP contribution in [0.4, 0.5) is 4.39 Å². The molecule has 2 aromatic rings. The van der Waals surface area contributed by atoms with Gasteiger partial charge in [0.15, 0.2) is 5.96 Å². The third-order valence-corrected chi connectivity index (χ3v) is 8.37. The molecule has 0 aliphatic carbocycles. The molecular weight excluding hydrogens is 565 g/mol. The molecular formula is C29H37BrFN5O3. The summed E-state index contributed by atoms with van der Waals surface area (Å²) in [7, 11) is 1.59. The number of halogens is 2. The van der Waals surface area contributed by atoms with Crippen molar-refractivity contribution in [3.05, 3.63) is 63.4 Å². The lowest BCUT2D eigenvalue weighted by Gasteiger charge is -2.37. The average Bonchev–Trinajstić information content (AvgIpc) is 3.27. The van der Waals surface area contributed by atoms with Crippen molar-refractivity contribution in [3.8, 4) is 5.75 Å². The van der Waals surface area contributed by atoms with Gasteiger partial charge < -0.3 is 20.3 Å². The first kappa shape index (κ1) is 29.0. The highest BCUT2D eigenvalue weighted by Gasteiger charge is 2.44. The molecule has 39 heavy (non-hydrogen) atoms. The zero-order valence-electron chi connectivity index (χ0n) is 22.4. The van der Waals surface area contributed by atoms with Gasteiger partial charge in [-0.25, -0.2) is 4.39 Å². The molecule has 0 unspecified atom stereocenters. The van der Waals surface area contributed by atoms with Crippen molar-refractivity contribution in [1.82, 2.24) is 20.9 Å². The van der Waals surface area contributed by atoms with Crippen molar-refractivity contribution < 1.29 is 18.7 Å². The smallest absolute Gasteiger partial charge is 0.258 e. The van der Waals surface area contributed by atoms with Crippen molar-refractivity contribution in [2.75, 3.05) is 39.8 Å². The van der Waals surface area contributed by atoms with Gasteiger partial charge in [-0.05, 0) is 100 Å². The Morgan fingerprint density at radius 2 is 1.97 bits per heavy atom. The van der Waals surface area contributed by atoms with E-state index in [1.54, 1.807) is 13.2 Å². The van der Waals surface area contributed by atoms with E-state index in [2.05, 4.69) is 36.8 Å². The Hall–Kier alpha value is -2.98. The van der Waals surface area contributed by atoms with Crippen molar-refractivity contribution in [2.24, 2.45) is 5.41 Å². The zero-order valence-corrected chi connectivity index (χ0v) is 24.0. The first-order chi connectivity index (χ1) is 18.8. The summed E-state index contributed by atoms with van der Waals surface area (Å²) in [6, 6.07) is 10.1. The molecule has 4 rings (SSSR count). The van der Waals surface area contributed by atoms with E-state index < -0.39 is 11.7 Å². The van der Waals surface area contributed by atoms with Crippen LogP contribution in [0, 0.1) is 16.6 Å². The number of methoxy groups -OCH3 is 1. The van der Waals surface area contributed by atoms with Crippen LogP contribution in [0.1, 0.15) is 53.6 Å². The number of rotatable bonds is 10. The summed E-state index contributed by atoms with van der Waals surface area (Å²) in [5, 5.41) is 16.6. The third-order valence-electron chi connectivity index (χ3n) is 7.88. The maximum absolute atomic E-state index is 14.7. The molecule has 2 amide bonds. The SMILES string of the molecule is COc1ccc(Br)cc1CCc1c(F)cccc1C(=O)NC(=N)NCCCCN1CCC2(CCNC2=O)CC1. The van der Waals surface area contributed by atoms with Crippen LogP contribution in [0.5, 0.6) is 5.75 Å². The molecule has 2 aliphatic rings. The molecule has 10 heteroatoms. The normalized spacial score (nSPS) is 16.6. The van der Waals surface area contributed by atoms with Crippen molar-refractivity contribution in [2.45, 2.75) is 44.9 Å². The summed E-state index contributed by atoms with van der Waals surface area (Å²) in [5.41, 5.74) is 1.29. The van der Waals surface area contributed by atoms with Gasteiger partial charge in [0, 0.05) is 28.7 Å². The number of hydrogen-bond acceptors (Lipinski definition) is 5. The fourth-order valence-electron chi connectivity index (χ4n) is 5.52. The minimum atomic E-state index is -0.513. The highest BCUT2D eigenvalue weighted by atomic mass is 79.9. The van der Waals surface area contributed by atoms with E-state index in [1.165, 1.54) is 12.1 Å². The molecule has 4 N–H and O–H groups in total. The predicted octanol–water partition coefficient (Wildman–Crippen LogP) is 4.02. The number of carbonyl (C=O) groups is 2. The summed E-state index contributed by atoms with van der Waals surface area (Å²) in [4.78, 5) is 27.5. The number of nitrogens with one attached hydrogen (secondary N) is 4. The lowest BCUT2D eigenvalue weighted by molar-refractivity contribution is -0.130. The van der Waals surface area contributed by atoms with E-state index in [4.69, 9.17) is 10.1 Å². The zero-order chi connectivity index (χ0) is 27.8. The van der Waals surface area contributed by atoms with E-state index >= 15 is 0 Å². The summed E-state index contributed by atoms with van der Waals surface area (Å²) >= 11 is 3.46.